The van der Waals surface area contributed by atoms with Crippen LogP contribution in [0.15, 0.2) is 24.5 Å². The summed E-state index contributed by atoms with van der Waals surface area (Å²) in [5, 5.41) is 8.51. The average Bonchev–Trinajstić information content (AvgIpc) is 2.41. The Morgan fingerprint density at radius 3 is 2.80 bits per heavy atom. The molecule has 0 heterocycles. The molecule has 0 aromatic heterocycles. The van der Waals surface area contributed by atoms with E-state index < -0.39 is 16.4 Å². The topological polar surface area (TPSA) is 63.6 Å². The molecule has 1 atom stereocenters. The van der Waals surface area contributed by atoms with Gasteiger partial charge in [-0.15, -0.1) is 18.2 Å². The number of hydrogen-bond donors (Lipinski definition) is 1. The van der Waals surface area contributed by atoms with Gasteiger partial charge in [-0.25, -0.2) is 0 Å². The molecule has 0 saturated heterocycles. The van der Waals surface area contributed by atoms with Crippen LogP contribution in [0.2, 0.25) is 0 Å². The van der Waals surface area contributed by atoms with Gasteiger partial charge in [-0.05, 0) is 6.42 Å². The fraction of sp³-hybridized carbons (Fsp3) is 0.400. The molecule has 0 bridgehead atoms. The Morgan fingerprint density at radius 1 is 1.60 bits per heavy atom. The van der Waals surface area contributed by atoms with Crippen molar-refractivity contribution >= 4 is 23.2 Å². The summed E-state index contributed by atoms with van der Waals surface area (Å²) in [6.45, 7) is 3.17. The lowest BCUT2D eigenvalue weighted by molar-refractivity contribution is -0.125. The van der Waals surface area contributed by atoms with Crippen molar-refractivity contribution in [2.75, 3.05) is 13.2 Å². The van der Waals surface area contributed by atoms with E-state index in [1.807, 2.05) is 0 Å². The van der Waals surface area contributed by atoms with Crippen molar-refractivity contribution in [3.63, 3.8) is 0 Å². The molecule has 0 aliphatic heterocycles. The molecule has 0 aromatic rings. The molecular formula is C10H11ClO4. The van der Waals surface area contributed by atoms with Crippen LogP contribution in [0.5, 0.6) is 0 Å². The predicted octanol–water partition coefficient (Wildman–Crippen LogP) is 0.585. The molecule has 15 heavy (non-hydrogen) atoms. The predicted molar refractivity (Wildman–Crippen MR) is 54.5 cm³/mol. The summed E-state index contributed by atoms with van der Waals surface area (Å²) in [6, 6.07) is 0. The molecule has 0 radical (unpaired) electrons. The van der Waals surface area contributed by atoms with Crippen LogP contribution in [0.4, 0.5) is 0 Å². The zero-order valence-corrected chi connectivity index (χ0v) is 8.79. The summed E-state index contributed by atoms with van der Waals surface area (Å²) >= 11 is 5.88. The number of alkyl halides is 1. The maximum absolute atomic E-state index is 11.7. The first-order valence-electron chi connectivity index (χ1n) is 4.40. The van der Waals surface area contributed by atoms with Gasteiger partial charge in [0.25, 0.3) is 0 Å². The third-order valence-electron chi connectivity index (χ3n) is 2.01. The highest BCUT2D eigenvalue weighted by atomic mass is 35.5. The number of allylic oxidation sites excluding steroid dienone is 3. The molecule has 4 nitrogen and oxygen atoms in total. The molecule has 0 amide bonds. The van der Waals surface area contributed by atoms with Gasteiger partial charge in [0.1, 0.15) is 6.61 Å². The number of halogens is 1. The van der Waals surface area contributed by atoms with E-state index in [4.69, 9.17) is 21.4 Å². The number of rotatable bonds is 5. The van der Waals surface area contributed by atoms with Crippen molar-refractivity contribution in [2.24, 2.45) is 0 Å². The van der Waals surface area contributed by atoms with Gasteiger partial charge in [-0.1, -0.05) is 6.08 Å². The minimum atomic E-state index is -1.59. The van der Waals surface area contributed by atoms with Crippen molar-refractivity contribution in [3.8, 4) is 0 Å². The Kier molecular flexibility index (Phi) is 3.66. The van der Waals surface area contributed by atoms with Gasteiger partial charge in [0.05, 0.1) is 6.61 Å². The van der Waals surface area contributed by atoms with Crippen molar-refractivity contribution < 1.29 is 19.4 Å². The molecular weight excluding hydrogens is 220 g/mol. The highest BCUT2D eigenvalue weighted by Gasteiger charge is 2.49. The van der Waals surface area contributed by atoms with Crippen LogP contribution in [-0.2, 0) is 14.3 Å². The van der Waals surface area contributed by atoms with Crippen molar-refractivity contribution in [3.05, 3.63) is 24.5 Å². The molecule has 1 aliphatic carbocycles. The normalized spacial score (nSPS) is 25.3. The molecule has 82 valence electrons. The fourth-order valence-corrected chi connectivity index (χ4v) is 1.52. The van der Waals surface area contributed by atoms with Crippen LogP contribution in [0, 0.1) is 0 Å². The first kappa shape index (κ1) is 11.9. The van der Waals surface area contributed by atoms with E-state index in [1.165, 1.54) is 6.08 Å². The number of ether oxygens (including phenoxy) is 1. The van der Waals surface area contributed by atoms with Gasteiger partial charge in [0.15, 0.2) is 16.4 Å². The Labute approximate surface area is 92.2 Å². The summed E-state index contributed by atoms with van der Waals surface area (Å²) in [5.41, 5.74) is 0. The summed E-state index contributed by atoms with van der Waals surface area (Å²) in [4.78, 5) is 21.5. The first-order chi connectivity index (χ1) is 7.06. The van der Waals surface area contributed by atoms with E-state index in [1.54, 1.807) is 0 Å². The second kappa shape index (κ2) is 4.59. The third-order valence-corrected chi connectivity index (χ3v) is 2.52. The van der Waals surface area contributed by atoms with E-state index in [9.17, 15) is 9.59 Å². The smallest absolute Gasteiger partial charge is 0.226 e. The van der Waals surface area contributed by atoms with Crippen LogP contribution < -0.4 is 0 Å². The molecule has 1 aliphatic rings. The highest BCUT2D eigenvalue weighted by molar-refractivity contribution is 6.53. The van der Waals surface area contributed by atoms with Gasteiger partial charge < -0.3 is 9.84 Å². The number of hydrogen-bond acceptors (Lipinski definition) is 4. The zero-order chi connectivity index (χ0) is 11.5. The second-order valence-electron chi connectivity index (χ2n) is 3.07. The molecule has 0 aromatic carbocycles. The molecule has 0 saturated carbocycles. The molecule has 1 unspecified atom stereocenters. The van der Waals surface area contributed by atoms with E-state index in [0.29, 0.717) is 0 Å². The van der Waals surface area contributed by atoms with Gasteiger partial charge in [-0.3, -0.25) is 9.59 Å². The molecule has 5 heteroatoms. The number of ketones is 2. The molecule has 0 spiro atoms. The summed E-state index contributed by atoms with van der Waals surface area (Å²) in [7, 11) is 0. The molecule has 0 fully saturated rings. The number of carbonyl (C=O) groups excluding carboxylic acids is 2. The SMILES string of the molecule is C=CCC1(Cl)C(=O)C=C(OCCO)C1=O. The second-order valence-corrected chi connectivity index (χ2v) is 3.71. The van der Waals surface area contributed by atoms with Gasteiger partial charge in [0, 0.05) is 6.08 Å². The number of aliphatic hydroxyl groups excluding tert-OH is 1. The van der Waals surface area contributed by atoms with Crippen molar-refractivity contribution in [2.45, 2.75) is 11.3 Å². The minimum absolute atomic E-state index is 0.0358. The Balaban J connectivity index is 2.82. The van der Waals surface area contributed by atoms with Crippen LogP contribution in [-0.4, -0.2) is 34.8 Å². The van der Waals surface area contributed by atoms with Gasteiger partial charge in [0.2, 0.25) is 5.78 Å². The summed E-state index contributed by atoms with van der Waals surface area (Å²) in [5.74, 6) is -1.16. The van der Waals surface area contributed by atoms with Crippen LogP contribution >= 0.6 is 11.6 Å². The van der Waals surface area contributed by atoms with Crippen molar-refractivity contribution in [1.29, 1.82) is 0 Å². The Hall–Kier alpha value is -1.13. The largest absolute Gasteiger partial charge is 0.487 e. The maximum Gasteiger partial charge on any atom is 0.226 e. The Morgan fingerprint density at radius 2 is 2.27 bits per heavy atom. The van der Waals surface area contributed by atoms with E-state index in [2.05, 4.69) is 6.58 Å². The quantitative estimate of drug-likeness (QED) is 0.427. The van der Waals surface area contributed by atoms with Crippen LogP contribution in [0.25, 0.3) is 0 Å². The highest BCUT2D eigenvalue weighted by Crippen LogP contribution is 2.32. The number of Topliss-reactive ketones (excluding diaryl/α,β-unsaturated/α-hetero) is 1. The van der Waals surface area contributed by atoms with Gasteiger partial charge in [-0.2, -0.15) is 0 Å². The maximum atomic E-state index is 11.7. The number of carbonyl (C=O) groups is 2. The summed E-state index contributed by atoms with van der Waals surface area (Å²) in [6.07, 6.45) is 2.54. The zero-order valence-electron chi connectivity index (χ0n) is 8.03. The third kappa shape index (κ3) is 2.11. The molecule has 1 N–H and O–H groups in total. The standard InChI is InChI=1S/C10H11ClO4/c1-2-3-10(11)8(13)6-7(9(10)14)15-5-4-12/h2,6,12H,1,3-5H2. The van der Waals surface area contributed by atoms with E-state index in [0.717, 1.165) is 6.08 Å². The lowest BCUT2D eigenvalue weighted by Crippen LogP contribution is -2.35. The first-order valence-corrected chi connectivity index (χ1v) is 4.78. The van der Waals surface area contributed by atoms with Gasteiger partial charge >= 0.3 is 0 Å². The Bertz CT molecular complexity index is 334. The summed E-state index contributed by atoms with van der Waals surface area (Å²) < 4.78 is 4.90. The van der Waals surface area contributed by atoms with Crippen LogP contribution in [0.3, 0.4) is 0 Å². The fourth-order valence-electron chi connectivity index (χ4n) is 1.26. The van der Waals surface area contributed by atoms with E-state index >= 15 is 0 Å². The van der Waals surface area contributed by atoms with E-state index in [-0.39, 0.29) is 25.4 Å². The lowest BCUT2D eigenvalue weighted by atomic mass is 10.00. The number of aliphatic hydroxyl groups is 1. The minimum Gasteiger partial charge on any atom is -0.487 e. The van der Waals surface area contributed by atoms with Crippen LogP contribution in [0.1, 0.15) is 6.42 Å². The monoisotopic (exact) mass is 230 g/mol. The molecule has 1 rings (SSSR count). The average molecular weight is 231 g/mol. The van der Waals surface area contributed by atoms with Crippen molar-refractivity contribution in [1.82, 2.24) is 0 Å². The lowest BCUT2D eigenvalue weighted by Gasteiger charge is -2.15.